The van der Waals surface area contributed by atoms with Crippen LogP contribution in [-0.2, 0) is 29.6 Å². The summed E-state index contributed by atoms with van der Waals surface area (Å²) >= 11 is 0. The molecule has 3 aromatic heterocycles. The molecule has 11 heteroatoms. The van der Waals surface area contributed by atoms with Crippen LogP contribution < -0.4 is 5.32 Å². The molecule has 2 aliphatic rings. The van der Waals surface area contributed by atoms with Crippen LogP contribution in [-0.4, -0.2) is 70.7 Å². The molecule has 11 nitrogen and oxygen atoms in total. The zero-order valence-corrected chi connectivity index (χ0v) is 24.0. The summed E-state index contributed by atoms with van der Waals surface area (Å²) in [5.41, 5.74) is 4.49. The van der Waals surface area contributed by atoms with Gasteiger partial charge in [-0.3, -0.25) is 23.7 Å². The maximum atomic E-state index is 13.8. The highest BCUT2D eigenvalue weighted by Crippen LogP contribution is 2.59. The number of likely N-dealkylation sites (tertiary alicyclic amines) is 1. The van der Waals surface area contributed by atoms with Crippen molar-refractivity contribution in [1.82, 2.24) is 39.7 Å². The number of hydrogen-bond acceptors (Lipinski definition) is 7. The number of carbonyl (C=O) groups is 3. The van der Waals surface area contributed by atoms with Crippen LogP contribution in [0.15, 0.2) is 36.8 Å². The molecule has 4 heterocycles. The third-order valence-corrected chi connectivity index (χ3v) is 8.44. The molecule has 6 rings (SSSR count). The van der Waals surface area contributed by atoms with Crippen molar-refractivity contribution in [2.45, 2.75) is 65.6 Å². The number of ketones is 1. The van der Waals surface area contributed by atoms with Crippen LogP contribution in [0.2, 0.25) is 0 Å². The second-order valence-electron chi connectivity index (χ2n) is 11.7. The number of aryl methyl sites for hydroxylation is 3. The number of nitrogens with zero attached hydrogens (tertiary/aromatic N) is 7. The van der Waals surface area contributed by atoms with Crippen LogP contribution in [0.5, 0.6) is 0 Å². The summed E-state index contributed by atoms with van der Waals surface area (Å²) in [6.45, 7) is 7.79. The van der Waals surface area contributed by atoms with Gasteiger partial charge in [0.1, 0.15) is 24.1 Å². The predicted molar refractivity (Wildman–Crippen MR) is 152 cm³/mol. The first-order valence-corrected chi connectivity index (χ1v) is 13.9. The highest BCUT2D eigenvalue weighted by atomic mass is 16.2. The lowest BCUT2D eigenvalue weighted by molar-refractivity contribution is -0.140. The quantitative estimate of drug-likeness (QED) is 0.332. The van der Waals surface area contributed by atoms with Crippen LogP contribution in [0.25, 0.3) is 22.0 Å². The van der Waals surface area contributed by atoms with E-state index in [0.29, 0.717) is 36.3 Å². The number of Topliss-reactive ketones (excluding diaryl/α,β-unsaturated/α-hetero) is 1. The van der Waals surface area contributed by atoms with Gasteiger partial charge in [-0.15, -0.1) is 0 Å². The second kappa shape index (κ2) is 9.90. The van der Waals surface area contributed by atoms with E-state index in [2.05, 4.69) is 32.4 Å². The van der Waals surface area contributed by atoms with E-state index in [1.54, 1.807) is 26.7 Å². The first-order chi connectivity index (χ1) is 19.5. The molecule has 41 heavy (non-hydrogen) atoms. The van der Waals surface area contributed by atoms with E-state index in [9.17, 15) is 14.4 Å². The molecule has 0 spiro atoms. The van der Waals surface area contributed by atoms with Gasteiger partial charge in [0.2, 0.25) is 11.8 Å². The van der Waals surface area contributed by atoms with Gasteiger partial charge in [-0.05, 0) is 61.4 Å². The van der Waals surface area contributed by atoms with Crippen LogP contribution >= 0.6 is 0 Å². The van der Waals surface area contributed by atoms with Gasteiger partial charge in [0.15, 0.2) is 5.78 Å². The first-order valence-electron chi connectivity index (χ1n) is 13.9. The molecule has 1 aliphatic carbocycles. The molecule has 1 aliphatic heterocycles. The molecule has 2 amide bonds. The largest absolute Gasteiger partial charge is 0.354 e. The van der Waals surface area contributed by atoms with Gasteiger partial charge in [0.05, 0.1) is 11.2 Å². The van der Waals surface area contributed by atoms with E-state index in [1.165, 1.54) is 6.92 Å². The summed E-state index contributed by atoms with van der Waals surface area (Å²) in [5, 5.41) is 12.7. The van der Waals surface area contributed by atoms with Crippen molar-refractivity contribution in [2.24, 2.45) is 12.5 Å². The van der Waals surface area contributed by atoms with Crippen molar-refractivity contribution in [3.05, 3.63) is 59.6 Å². The molecule has 1 saturated carbocycles. The van der Waals surface area contributed by atoms with E-state index in [-0.39, 0.29) is 35.6 Å². The number of benzene rings is 1. The number of hydrogen-bond donors (Lipinski definition) is 1. The number of rotatable bonds is 8. The molecule has 212 valence electrons. The van der Waals surface area contributed by atoms with Crippen LogP contribution in [0.3, 0.4) is 0 Å². The van der Waals surface area contributed by atoms with Gasteiger partial charge in [0.25, 0.3) is 0 Å². The van der Waals surface area contributed by atoms with Crippen molar-refractivity contribution in [1.29, 1.82) is 0 Å². The zero-order chi connectivity index (χ0) is 29.1. The zero-order valence-electron chi connectivity index (χ0n) is 24.0. The average Bonchev–Trinajstić information content (AvgIpc) is 3.22. The van der Waals surface area contributed by atoms with Gasteiger partial charge in [0, 0.05) is 62.5 Å². The topological polar surface area (TPSA) is 128 Å². The monoisotopic (exact) mass is 554 g/mol. The Morgan fingerprint density at radius 3 is 2.51 bits per heavy atom. The molecule has 0 radical (unpaired) electrons. The Balaban J connectivity index is 1.25. The fourth-order valence-corrected chi connectivity index (χ4v) is 6.21. The number of nitrogens with one attached hydrogen (secondary N) is 1. The number of aromatic nitrogens is 6. The van der Waals surface area contributed by atoms with Gasteiger partial charge < -0.3 is 10.2 Å². The summed E-state index contributed by atoms with van der Waals surface area (Å²) in [4.78, 5) is 50.1. The Hall–Kier alpha value is -4.41. The molecular weight excluding hydrogens is 520 g/mol. The Morgan fingerprint density at radius 1 is 1.07 bits per heavy atom. The Labute approximate surface area is 238 Å². The second-order valence-corrected chi connectivity index (χ2v) is 11.7. The molecule has 1 N–H and O–H groups in total. The predicted octanol–water partition coefficient (Wildman–Crippen LogP) is 2.78. The lowest BCUT2D eigenvalue weighted by atomic mass is 10.0. The molecule has 0 bridgehead atoms. The number of piperidine rings is 1. The van der Waals surface area contributed by atoms with Crippen molar-refractivity contribution in [3.8, 4) is 11.1 Å². The minimum absolute atomic E-state index is 0.0323. The first kappa shape index (κ1) is 26.8. The van der Waals surface area contributed by atoms with Crippen LogP contribution in [0.4, 0.5) is 0 Å². The van der Waals surface area contributed by atoms with Gasteiger partial charge >= 0.3 is 0 Å². The number of fused-ring (bicyclic) bond motifs is 2. The minimum atomic E-state index is -0.529. The van der Waals surface area contributed by atoms with Crippen molar-refractivity contribution < 1.29 is 14.4 Å². The standard InChI is InChI=1S/C30H34N8O3/c1-17-10-20(21-14-32-19(3)33-15-21)11-23-27(18(2)39)35-37(28(17)23)16-26(40)38-24(12-30(4)13-25(30)38)29(41)31-8-6-22-7-9-36(5)34-22/h7,9-11,14-15,24-25H,6,8,12-13,16H2,1-5H3,(H,31,41)/t24-,25?,30-/m0/s1. The smallest absolute Gasteiger partial charge is 0.245 e. The molecule has 4 aromatic rings. The van der Waals surface area contributed by atoms with Crippen LogP contribution in [0, 0.1) is 19.3 Å². The third kappa shape index (κ3) is 4.89. The van der Waals surface area contributed by atoms with Crippen molar-refractivity contribution in [2.75, 3.05) is 6.54 Å². The molecule has 1 saturated heterocycles. The van der Waals surface area contributed by atoms with Crippen molar-refractivity contribution in [3.63, 3.8) is 0 Å². The lowest BCUT2D eigenvalue weighted by Crippen LogP contribution is -2.49. The molecule has 1 aromatic carbocycles. The summed E-state index contributed by atoms with van der Waals surface area (Å²) in [6, 6.07) is 5.33. The summed E-state index contributed by atoms with van der Waals surface area (Å²) in [5.74, 6) is 0.185. The summed E-state index contributed by atoms with van der Waals surface area (Å²) < 4.78 is 3.35. The van der Waals surface area contributed by atoms with Gasteiger partial charge in [-0.2, -0.15) is 10.2 Å². The molecule has 2 fully saturated rings. The highest BCUT2D eigenvalue weighted by Gasteiger charge is 2.64. The number of amides is 2. The Morgan fingerprint density at radius 2 is 1.83 bits per heavy atom. The molecule has 3 atom stereocenters. The third-order valence-electron chi connectivity index (χ3n) is 8.44. The fraction of sp³-hybridized carbons (Fsp3) is 0.433. The number of carbonyl (C=O) groups excluding carboxylic acids is 3. The normalized spacial score (nSPS) is 21.2. The van der Waals surface area contributed by atoms with E-state index >= 15 is 0 Å². The fourth-order valence-electron chi connectivity index (χ4n) is 6.21. The van der Waals surface area contributed by atoms with Gasteiger partial charge in [-0.1, -0.05) is 6.92 Å². The van der Waals surface area contributed by atoms with Crippen molar-refractivity contribution >= 4 is 28.5 Å². The highest BCUT2D eigenvalue weighted by molar-refractivity contribution is 6.07. The van der Waals surface area contributed by atoms with Crippen LogP contribution in [0.1, 0.15) is 54.3 Å². The van der Waals surface area contributed by atoms with E-state index in [0.717, 1.165) is 34.3 Å². The molecule has 1 unspecified atom stereocenters. The summed E-state index contributed by atoms with van der Waals surface area (Å²) in [7, 11) is 1.86. The minimum Gasteiger partial charge on any atom is -0.354 e. The maximum absolute atomic E-state index is 13.8. The van der Waals surface area contributed by atoms with E-state index < -0.39 is 6.04 Å². The summed E-state index contributed by atoms with van der Waals surface area (Å²) in [6.07, 6.45) is 7.53. The van der Waals surface area contributed by atoms with Gasteiger partial charge in [-0.25, -0.2) is 9.97 Å². The Kier molecular flexibility index (Phi) is 6.47. The average molecular weight is 555 g/mol. The van der Waals surface area contributed by atoms with E-state index in [1.807, 2.05) is 45.3 Å². The maximum Gasteiger partial charge on any atom is 0.245 e. The SMILES string of the molecule is CC(=O)c1nn(CC(=O)N2C3C[C@]3(C)C[C@H]2C(=O)NCCc2ccn(C)n2)c2c(C)cc(-c3cnc(C)nc3)cc12. The lowest BCUT2D eigenvalue weighted by Gasteiger charge is -2.27. The van der Waals surface area contributed by atoms with E-state index in [4.69, 9.17) is 0 Å². The Bertz CT molecular complexity index is 1690. The molecular formula is C30H34N8O3.